The van der Waals surface area contributed by atoms with Gasteiger partial charge in [0.05, 0.1) is 18.6 Å². The topological polar surface area (TPSA) is 52.7 Å². The lowest BCUT2D eigenvalue weighted by molar-refractivity contribution is -0.136. The number of nitrogens with one attached hydrogen (secondary N) is 1. The Morgan fingerprint density at radius 1 is 1.13 bits per heavy atom. The third-order valence-electron chi connectivity index (χ3n) is 5.86. The molecule has 3 heterocycles. The molecule has 2 aliphatic rings. The van der Waals surface area contributed by atoms with Crippen LogP contribution in [-0.2, 0) is 9.59 Å². The number of aryl methyl sites for hydroxylation is 1. The fourth-order valence-corrected chi connectivity index (χ4v) is 5.92. The molecule has 2 saturated heterocycles. The van der Waals surface area contributed by atoms with Gasteiger partial charge in [0, 0.05) is 29.5 Å². The number of hydrogen-bond donors (Lipinski definition) is 1. The van der Waals surface area contributed by atoms with Crippen molar-refractivity contribution in [2.45, 2.75) is 31.8 Å². The monoisotopic (exact) mass is 443 g/mol. The third kappa shape index (κ3) is 5.07. The maximum atomic E-state index is 13.0. The summed E-state index contributed by atoms with van der Waals surface area (Å²) in [6, 6.07) is 12.1. The Kier molecular flexibility index (Phi) is 7.12. The number of benzene rings is 1. The van der Waals surface area contributed by atoms with Crippen LogP contribution in [0.1, 0.15) is 34.9 Å². The lowest BCUT2D eigenvalue weighted by atomic mass is 10.0. The number of likely N-dealkylation sites (tertiary alicyclic amines) is 1. The van der Waals surface area contributed by atoms with E-state index in [4.69, 9.17) is 0 Å². The fourth-order valence-electron chi connectivity index (χ4n) is 4.21. The molecule has 0 bridgehead atoms. The van der Waals surface area contributed by atoms with E-state index >= 15 is 0 Å². The van der Waals surface area contributed by atoms with Crippen LogP contribution in [0.5, 0.6) is 0 Å². The lowest BCUT2D eigenvalue weighted by Gasteiger charge is -2.32. The van der Waals surface area contributed by atoms with Crippen molar-refractivity contribution in [1.82, 2.24) is 15.1 Å². The standard InChI is InChI=1S/C23H29N3O2S2/c1-17-6-8-18(9-7-17)22(20-5-3-13-30-20)24-21(27)16-26-10-2-4-19(26)23(28)25-11-14-29-15-12-25/h3,5-9,13,19,22H,2,4,10-12,14-16H2,1H3,(H,24,27). The summed E-state index contributed by atoms with van der Waals surface area (Å²) in [6.45, 7) is 4.79. The van der Waals surface area contributed by atoms with Gasteiger partial charge in [-0.3, -0.25) is 14.5 Å². The van der Waals surface area contributed by atoms with E-state index in [1.165, 1.54) is 5.56 Å². The molecule has 1 aromatic carbocycles. The van der Waals surface area contributed by atoms with Crippen molar-refractivity contribution in [1.29, 1.82) is 0 Å². The van der Waals surface area contributed by atoms with Gasteiger partial charge in [0.2, 0.25) is 11.8 Å². The molecule has 2 aliphatic heterocycles. The van der Waals surface area contributed by atoms with Crippen molar-refractivity contribution < 1.29 is 9.59 Å². The number of rotatable bonds is 6. The Morgan fingerprint density at radius 3 is 2.60 bits per heavy atom. The van der Waals surface area contributed by atoms with Crippen LogP contribution in [0, 0.1) is 6.92 Å². The highest BCUT2D eigenvalue weighted by atomic mass is 32.2. The van der Waals surface area contributed by atoms with Crippen molar-refractivity contribution in [3.63, 3.8) is 0 Å². The largest absolute Gasteiger partial charge is 0.343 e. The third-order valence-corrected chi connectivity index (χ3v) is 7.74. The molecule has 0 spiro atoms. The fraction of sp³-hybridized carbons (Fsp3) is 0.478. The van der Waals surface area contributed by atoms with Gasteiger partial charge in [-0.15, -0.1) is 11.3 Å². The maximum absolute atomic E-state index is 13.0. The maximum Gasteiger partial charge on any atom is 0.239 e. The molecular weight excluding hydrogens is 414 g/mol. The molecular formula is C23H29N3O2S2. The molecule has 4 rings (SSSR count). The Balaban J connectivity index is 1.42. The van der Waals surface area contributed by atoms with Gasteiger partial charge in [-0.25, -0.2) is 0 Å². The SMILES string of the molecule is Cc1ccc(C(NC(=O)CN2CCCC2C(=O)N2CCSCC2)c2cccs2)cc1. The molecule has 7 heteroatoms. The van der Waals surface area contributed by atoms with Crippen LogP contribution >= 0.6 is 23.1 Å². The highest BCUT2D eigenvalue weighted by Crippen LogP contribution is 2.27. The van der Waals surface area contributed by atoms with E-state index in [0.29, 0.717) is 0 Å². The molecule has 0 saturated carbocycles. The lowest BCUT2D eigenvalue weighted by Crippen LogP contribution is -2.50. The normalized spacial score (nSPS) is 20.8. The van der Waals surface area contributed by atoms with Gasteiger partial charge in [-0.1, -0.05) is 35.9 Å². The van der Waals surface area contributed by atoms with E-state index in [2.05, 4.69) is 47.5 Å². The molecule has 5 nitrogen and oxygen atoms in total. The van der Waals surface area contributed by atoms with Crippen LogP contribution in [0.2, 0.25) is 0 Å². The van der Waals surface area contributed by atoms with E-state index < -0.39 is 0 Å². The molecule has 160 valence electrons. The van der Waals surface area contributed by atoms with Gasteiger partial charge in [-0.05, 0) is 43.3 Å². The first-order chi connectivity index (χ1) is 14.6. The van der Waals surface area contributed by atoms with Crippen molar-refractivity contribution in [3.05, 3.63) is 57.8 Å². The first kappa shape index (κ1) is 21.4. The summed E-state index contributed by atoms with van der Waals surface area (Å²) >= 11 is 3.55. The van der Waals surface area contributed by atoms with Crippen molar-refractivity contribution in [3.8, 4) is 0 Å². The summed E-state index contributed by atoms with van der Waals surface area (Å²) in [6.07, 6.45) is 1.82. The van der Waals surface area contributed by atoms with Gasteiger partial charge in [0.25, 0.3) is 0 Å². The average Bonchev–Trinajstić information content (AvgIpc) is 3.45. The van der Waals surface area contributed by atoms with Crippen molar-refractivity contribution in [2.24, 2.45) is 0 Å². The molecule has 2 fully saturated rings. The Morgan fingerprint density at radius 2 is 1.90 bits per heavy atom. The van der Waals surface area contributed by atoms with E-state index in [1.807, 2.05) is 28.1 Å². The van der Waals surface area contributed by atoms with Crippen LogP contribution in [0.4, 0.5) is 0 Å². The Bertz CT molecular complexity index is 848. The second-order valence-corrected chi connectivity index (χ2v) is 10.2. The molecule has 2 amide bonds. The smallest absolute Gasteiger partial charge is 0.239 e. The molecule has 2 unspecified atom stereocenters. The van der Waals surface area contributed by atoms with E-state index in [-0.39, 0.29) is 30.4 Å². The summed E-state index contributed by atoms with van der Waals surface area (Å²) in [5, 5.41) is 5.26. The van der Waals surface area contributed by atoms with Gasteiger partial charge in [0.15, 0.2) is 0 Å². The van der Waals surface area contributed by atoms with Crippen LogP contribution in [0.3, 0.4) is 0 Å². The predicted octanol–water partition coefficient (Wildman–Crippen LogP) is 3.30. The summed E-state index contributed by atoms with van der Waals surface area (Å²) in [5.41, 5.74) is 2.28. The molecule has 0 aliphatic carbocycles. The number of nitrogens with zero attached hydrogens (tertiary/aromatic N) is 2. The van der Waals surface area contributed by atoms with Crippen LogP contribution in [0.25, 0.3) is 0 Å². The average molecular weight is 444 g/mol. The first-order valence-electron chi connectivity index (χ1n) is 10.6. The number of carbonyl (C=O) groups excluding carboxylic acids is 2. The van der Waals surface area contributed by atoms with Crippen molar-refractivity contribution >= 4 is 34.9 Å². The molecule has 2 atom stereocenters. The summed E-state index contributed by atoms with van der Waals surface area (Å²) in [7, 11) is 0. The summed E-state index contributed by atoms with van der Waals surface area (Å²) < 4.78 is 0. The number of thiophene rings is 1. The molecule has 1 aromatic heterocycles. The van der Waals surface area contributed by atoms with E-state index in [9.17, 15) is 9.59 Å². The van der Waals surface area contributed by atoms with Gasteiger partial charge in [0.1, 0.15) is 0 Å². The van der Waals surface area contributed by atoms with Crippen LogP contribution in [0.15, 0.2) is 41.8 Å². The highest BCUT2D eigenvalue weighted by Gasteiger charge is 2.35. The quantitative estimate of drug-likeness (QED) is 0.744. The minimum atomic E-state index is -0.158. The Labute approximate surface area is 186 Å². The first-order valence-corrected chi connectivity index (χ1v) is 12.6. The van der Waals surface area contributed by atoms with Gasteiger partial charge in [-0.2, -0.15) is 11.8 Å². The van der Waals surface area contributed by atoms with Crippen LogP contribution < -0.4 is 5.32 Å². The summed E-state index contributed by atoms with van der Waals surface area (Å²) in [4.78, 5) is 31.2. The molecule has 1 N–H and O–H groups in total. The zero-order valence-corrected chi connectivity index (χ0v) is 19.0. The van der Waals surface area contributed by atoms with Crippen LogP contribution in [-0.4, -0.2) is 65.3 Å². The number of hydrogen-bond acceptors (Lipinski definition) is 5. The minimum absolute atomic E-state index is 0.0251. The minimum Gasteiger partial charge on any atom is -0.343 e. The van der Waals surface area contributed by atoms with Gasteiger partial charge < -0.3 is 10.2 Å². The zero-order valence-electron chi connectivity index (χ0n) is 17.4. The highest BCUT2D eigenvalue weighted by molar-refractivity contribution is 7.99. The summed E-state index contributed by atoms with van der Waals surface area (Å²) in [5.74, 6) is 2.20. The number of thioether (sulfide) groups is 1. The number of carbonyl (C=O) groups is 2. The van der Waals surface area contributed by atoms with Crippen molar-refractivity contribution in [2.75, 3.05) is 37.7 Å². The second kappa shape index (κ2) is 9.98. The van der Waals surface area contributed by atoms with E-state index in [0.717, 1.165) is 54.4 Å². The molecule has 0 radical (unpaired) electrons. The predicted molar refractivity (Wildman–Crippen MR) is 124 cm³/mol. The second-order valence-electron chi connectivity index (χ2n) is 7.99. The molecule has 2 aromatic rings. The zero-order chi connectivity index (χ0) is 20.9. The Hall–Kier alpha value is -1.83. The van der Waals surface area contributed by atoms with E-state index in [1.54, 1.807) is 11.3 Å². The number of amides is 2. The molecule has 30 heavy (non-hydrogen) atoms. The van der Waals surface area contributed by atoms with Gasteiger partial charge >= 0.3 is 0 Å².